The van der Waals surface area contributed by atoms with Gasteiger partial charge in [0.15, 0.2) is 0 Å². The molecule has 0 bridgehead atoms. The van der Waals surface area contributed by atoms with Crippen LogP contribution in [0.25, 0.3) is 0 Å². The summed E-state index contributed by atoms with van der Waals surface area (Å²) in [4.78, 5) is 21.0. The first kappa shape index (κ1) is 19.3. The first-order chi connectivity index (χ1) is 13.5. The summed E-state index contributed by atoms with van der Waals surface area (Å²) in [5.41, 5.74) is 2.32. The van der Waals surface area contributed by atoms with Gasteiger partial charge in [-0.05, 0) is 36.8 Å². The number of carbonyl (C=O) groups is 1. The molecule has 1 aromatic heterocycles. The lowest BCUT2D eigenvalue weighted by atomic mass is 10.2. The van der Waals surface area contributed by atoms with E-state index < -0.39 is 0 Å². The maximum absolute atomic E-state index is 13.7. The van der Waals surface area contributed by atoms with Crippen LogP contribution < -0.4 is 15.4 Å². The molecule has 0 saturated carbocycles. The number of methoxy groups -OCH3 is 1. The lowest BCUT2D eigenvalue weighted by molar-refractivity contribution is 0.0945. The molecule has 0 aliphatic carbocycles. The Kier molecular flexibility index (Phi) is 6.16. The van der Waals surface area contributed by atoms with Crippen molar-refractivity contribution in [3.8, 4) is 5.75 Å². The van der Waals surface area contributed by atoms with E-state index in [-0.39, 0.29) is 24.0 Å². The highest BCUT2D eigenvalue weighted by Gasteiger charge is 2.11. The van der Waals surface area contributed by atoms with Gasteiger partial charge in [-0.25, -0.2) is 14.4 Å². The summed E-state index contributed by atoms with van der Waals surface area (Å²) in [6.45, 7) is 2.38. The molecule has 144 valence electrons. The van der Waals surface area contributed by atoms with Gasteiger partial charge in [-0.1, -0.05) is 30.3 Å². The number of aryl methyl sites for hydroxylation is 1. The van der Waals surface area contributed by atoms with E-state index in [1.54, 1.807) is 38.3 Å². The van der Waals surface area contributed by atoms with Gasteiger partial charge < -0.3 is 15.4 Å². The minimum atomic E-state index is -0.388. The van der Waals surface area contributed by atoms with Gasteiger partial charge in [0.1, 0.15) is 17.3 Å². The predicted molar refractivity (Wildman–Crippen MR) is 105 cm³/mol. The maximum atomic E-state index is 13.7. The monoisotopic (exact) mass is 380 g/mol. The van der Waals surface area contributed by atoms with Crippen molar-refractivity contribution in [2.75, 3.05) is 12.4 Å². The summed E-state index contributed by atoms with van der Waals surface area (Å²) in [6.07, 6.45) is 0. The first-order valence-corrected chi connectivity index (χ1v) is 8.79. The summed E-state index contributed by atoms with van der Waals surface area (Å²) < 4.78 is 18.8. The van der Waals surface area contributed by atoms with Crippen molar-refractivity contribution in [1.82, 2.24) is 15.3 Å². The van der Waals surface area contributed by atoms with Crippen LogP contribution in [0, 0.1) is 12.7 Å². The molecule has 0 fully saturated rings. The van der Waals surface area contributed by atoms with Crippen molar-refractivity contribution in [2.24, 2.45) is 0 Å². The number of hydrogen-bond donors (Lipinski definition) is 2. The Morgan fingerprint density at radius 1 is 1.07 bits per heavy atom. The molecular weight excluding hydrogens is 359 g/mol. The smallest absolute Gasteiger partial charge is 0.270 e. The van der Waals surface area contributed by atoms with E-state index in [1.165, 1.54) is 6.07 Å². The van der Waals surface area contributed by atoms with Crippen LogP contribution in [-0.4, -0.2) is 23.0 Å². The fourth-order valence-electron chi connectivity index (χ4n) is 2.60. The standard InChI is InChI=1S/C21H21FN4O2/c1-14-11-19(20(27)23-13-16-5-3-4-6-18(16)22)26-21(25-14)24-12-15-7-9-17(28-2)10-8-15/h3-11H,12-13H2,1-2H3,(H,23,27)(H,24,25,26). The summed E-state index contributed by atoms with van der Waals surface area (Å²) in [7, 11) is 1.62. The van der Waals surface area contributed by atoms with Crippen LogP contribution in [0.15, 0.2) is 54.6 Å². The van der Waals surface area contributed by atoms with Gasteiger partial charge in [0.25, 0.3) is 5.91 Å². The first-order valence-electron chi connectivity index (χ1n) is 8.79. The largest absolute Gasteiger partial charge is 0.497 e. The van der Waals surface area contributed by atoms with Gasteiger partial charge in [0.2, 0.25) is 5.95 Å². The molecule has 0 radical (unpaired) electrons. The third kappa shape index (κ3) is 5.03. The highest BCUT2D eigenvalue weighted by atomic mass is 19.1. The number of nitrogens with one attached hydrogen (secondary N) is 2. The Labute approximate surface area is 162 Å². The Bertz CT molecular complexity index is 961. The molecule has 3 aromatic rings. The number of ether oxygens (including phenoxy) is 1. The van der Waals surface area contributed by atoms with Crippen molar-refractivity contribution < 1.29 is 13.9 Å². The Morgan fingerprint density at radius 3 is 2.54 bits per heavy atom. The van der Waals surface area contributed by atoms with Crippen molar-refractivity contribution in [3.05, 3.63) is 82.9 Å². The molecule has 1 amide bonds. The summed E-state index contributed by atoms with van der Waals surface area (Å²) >= 11 is 0. The maximum Gasteiger partial charge on any atom is 0.270 e. The van der Waals surface area contributed by atoms with Crippen LogP contribution in [0.5, 0.6) is 5.75 Å². The molecule has 0 unspecified atom stereocenters. The normalized spacial score (nSPS) is 10.4. The SMILES string of the molecule is COc1ccc(CNc2nc(C)cc(C(=O)NCc3ccccc3F)n2)cc1. The van der Waals surface area contributed by atoms with Gasteiger partial charge in [-0.2, -0.15) is 0 Å². The minimum absolute atomic E-state index is 0.0865. The van der Waals surface area contributed by atoms with Gasteiger partial charge >= 0.3 is 0 Å². The number of benzene rings is 2. The van der Waals surface area contributed by atoms with Crippen LogP contribution in [-0.2, 0) is 13.1 Å². The second-order valence-corrected chi connectivity index (χ2v) is 6.19. The molecule has 0 spiro atoms. The Hall–Kier alpha value is -3.48. The third-order valence-corrected chi connectivity index (χ3v) is 4.09. The number of aromatic nitrogens is 2. The topological polar surface area (TPSA) is 76.1 Å². The van der Waals surface area contributed by atoms with Crippen molar-refractivity contribution in [3.63, 3.8) is 0 Å². The molecule has 0 aliphatic rings. The highest BCUT2D eigenvalue weighted by Crippen LogP contribution is 2.13. The second-order valence-electron chi connectivity index (χ2n) is 6.19. The molecule has 0 atom stereocenters. The fraction of sp³-hybridized carbons (Fsp3) is 0.190. The Morgan fingerprint density at radius 2 is 1.82 bits per heavy atom. The van der Waals surface area contributed by atoms with Crippen molar-refractivity contribution in [1.29, 1.82) is 0 Å². The number of rotatable bonds is 7. The van der Waals surface area contributed by atoms with Gasteiger partial charge in [0, 0.05) is 24.3 Å². The van der Waals surface area contributed by atoms with Crippen molar-refractivity contribution in [2.45, 2.75) is 20.0 Å². The van der Waals surface area contributed by atoms with Gasteiger partial charge in [0.05, 0.1) is 7.11 Å². The van der Waals surface area contributed by atoms with Crippen molar-refractivity contribution >= 4 is 11.9 Å². The third-order valence-electron chi connectivity index (χ3n) is 4.09. The molecule has 2 aromatic carbocycles. The lowest BCUT2D eigenvalue weighted by Crippen LogP contribution is -2.25. The quantitative estimate of drug-likeness (QED) is 0.656. The molecular formula is C21H21FN4O2. The zero-order valence-corrected chi connectivity index (χ0v) is 15.7. The number of anilines is 1. The lowest BCUT2D eigenvalue weighted by Gasteiger charge is -2.10. The number of carbonyl (C=O) groups excluding carboxylic acids is 1. The van der Waals surface area contributed by atoms with E-state index >= 15 is 0 Å². The number of amides is 1. The molecule has 0 saturated heterocycles. The zero-order valence-electron chi connectivity index (χ0n) is 15.7. The summed E-state index contributed by atoms with van der Waals surface area (Å²) in [6, 6.07) is 15.5. The Balaban J connectivity index is 1.64. The average Bonchev–Trinajstić information content (AvgIpc) is 2.71. The van der Waals surface area contributed by atoms with Crippen LogP contribution >= 0.6 is 0 Å². The number of halogens is 1. The van der Waals surface area contributed by atoms with E-state index in [9.17, 15) is 9.18 Å². The average molecular weight is 380 g/mol. The second kappa shape index (κ2) is 8.94. The number of nitrogens with zero attached hydrogens (tertiary/aromatic N) is 2. The minimum Gasteiger partial charge on any atom is -0.497 e. The molecule has 28 heavy (non-hydrogen) atoms. The molecule has 7 heteroatoms. The predicted octanol–water partition coefficient (Wildman–Crippen LogP) is 3.47. The molecule has 3 rings (SSSR count). The van der Waals surface area contributed by atoms with Gasteiger partial charge in [-0.15, -0.1) is 0 Å². The van der Waals surface area contributed by atoms with E-state index in [1.807, 2.05) is 24.3 Å². The van der Waals surface area contributed by atoms with E-state index in [0.29, 0.717) is 23.8 Å². The summed E-state index contributed by atoms with van der Waals surface area (Å²) in [5, 5.41) is 5.80. The van der Waals surface area contributed by atoms with Crippen LogP contribution in [0.3, 0.4) is 0 Å². The molecule has 0 aliphatic heterocycles. The van der Waals surface area contributed by atoms with Crippen LogP contribution in [0.1, 0.15) is 27.3 Å². The molecule has 2 N–H and O–H groups in total. The number of hydrogen-bond acceptors (Lipinski definition) is 5. The van der Waals surface area contributed by atoms with Gasteiger partial charge in [-0.3, -0.25) is 4.79 Å². The molecule has 6 nitrogen and oxygen atoms in total. The zero-order chi connectivity index (χ0) is 19.9. The highest BCUT2D eigenvalue weighted by molar-refractivity contribution is 5.92. The van der Waals surface area contributed by atoms with E-state index in [2.05, 4.69) is 20.6 Å². The summed E-state index contributed by atoms with van der Waals surface area (Å²) in [5.74, 6) is 0.390. The van der Waals surface area contributed by atoms with E-state index in [0.717, 1.165) is 11.3 Å². The van der Waals surface area contributed by atoms with Crippen LogP contribution in [0.2, 0.25) is 0 Å². The van der Waals surface area contributed by atoms with Crippen LogP contribution in [0.4, 0.5) is 10.3 Å². The van der Waals surface area contributed by atoms with E-state index in [4.69, 9.17) is 4.74 Å². The fourth-order valence-corrected chi connectivity index (χ4v) is 2.60. The molecule has 1 heterocycles.